The van der Waals surface area contributed by atoms with Gasteiger partial charge in [0.25, 0.3) is 0 Å². The number of fused-ring (bicyclic) bond motifs is 1. The molecule has 0 bridgehead atoms. The highest BCUT2D eigenvalue weighted by Crippen LogP contribution is 2.28. The molecule has 0 saturated carbocycles. The minimum absolute atomic E-state index is 0.222. The van der Waals surface area contributed by atoms with E-state index < -0.39 is 0 Å². The number of aryl methyl sites for hydroxylation is 1. The van der Waals surface area contributed by atoms with Gasteiger partial charge in [0.2, 0.25) is 0 Å². The van der Waals surface area contributed by atoms with E-state index in [4.69, 9.17) is 0 Å². The number of nitrogens with zero attached hydrogens (tertiary/aromatic N) is 5. The second kappa shape index (κ2) is 9.36. The molecular weight excluding hydrogens is 414 g/mol. The van der Waals surface area contributed by atoms with Crippen molar-refractivity contribution in [3.05, 3.63) is 60.9 Å². The van der Waals surface area contributed by atoms with Crippen LogP contribution in [0.15, 0.2) is 55.1 Å². The largest absolute Gasteiger partial charge is 0.378 e. The fraction of sp³-hybridized carbons (Fsp3) is 0.320. The Bertz CT molecular complexity index is 1270. The number of benzene rings is 1. The summed E-state index contributed by atoms with van der Waals surface area (Å²) < 4.78 is 0. The van der Waals surface area contributed by atoms with E-state index in [1.165, 1.54) is 0 Å². The highest BCUT2D eigenvalue weighted by molar-refractivity contribution is 5.87. The maximum Gasteiger partial charge on any atom is 0.152 e. The molecular formula is C25H27N7O. The van der Waals surface area contributed by atoms with Crippen molar-refractivity contribution in [3.8, 4) is 11.3 Å². The van der Waals surface area contributed by atoms with Gasteiger partial charge in [-0.1, -0.05) is 12.1 Å². The van der Waals surface area contributed by atoms with Crippen LogP contribution in [0.4, 0.5) is 11.5 Å². The van der Waals surface area contributed by atoms with Crippen LogP contribution in [0.3, 0.4) is 0 Å². The van der Waals surface area contributed by atoms with Crippen LogP contribution in [0.1, 0.15) is 25.1 Å². The first kappa shape index (κ1) is 21.1. The molecule has 0 aliphatic carbocycles. The number of hydrogen-bond donors (Lipinski definition) is 2. The number of H-pyrrole nitrogens is 1. The number of carbonyl (C=O) groups is 1. The van der Waals surface area contributed by atoms with Gasteiger partial charge < -0.3 is 15.2 Å². The Balaban J connectivity index is 1.18. The summed E-state index contributed by atoms with van der Waals surface area (Å²) in [7, 11) is 0. The Labute approximate surface area is 192 Å². The van der Waals surface area contributed by atoms with E-state index in [1.807, 2.05) is 49.5 Å². The third-order valence-corrected chi connectivity index (χ3v) is 6.09. The van der Waals surface area contributed by atoms with Gasteiger partial charge in [-0.2, -0.15) is 0 Å². The van der Waals surface area contributed by atoms with Crippen molar-refractivity contribution >= 4 is 28.3 Å². The Hall–Kier alpha value is -3.81. The summed E-state index contributed by atoms with van der Waals surface area (Å²) in [5, 5.41) is 4.32. The quantitative estimate of drug-likeness (QED) is 0.447. The van der Waals surface area contributed by atoms with Crippen molar-refractivity contribution in [2.24, 2.45) is 5.92 Å². The van der Waals surface area contributed by atoms with E-state index in [2.05, 4.69) is 35.1 Å². The molecule has 1 fully saturated rings. The third-order valence-electron chi connectivity index (χ3n) is 6.09. The second-order valence-corrected chi connectivity index (χ2v) is 8.56. The van der Waals surface area contributed by atoms with E-state index in [0.29, 0.717) is 18.9 Å². The summed E-state index contributed by atoms with van der Waals surface area (Å²) >= 11 is 0. The van der Waals surface area contributed by atoms with E-state index in [-0.39, 0.29) is 5.78 Å². The van der Waals surface area contributed by atoms with E-state index in [1.54, 1.807) is 12.5 Å². The molecule has 4 heterocycles. The van der Waals surface area contributed by atoms with Crippen LogP contribution < -0.4 is 10.2 Å². The Kier molecular flexibility index (Phi) is 5.97. The average Bonchev–Trinajstić information content (AvgIpc) is 3.32. The van der Waals surface area contributed by atoms with Crippen LogP contribution in [0.25, 0.3) is 22.3 Å². The van der Waals surface area contributed by atoms with Crippen LogP contribution in [-0.4, -0.2) is 50.3 Å². The first-order valence-corrected chi connectivity index (χ1v) is 11.3. The average molecular weight is 442 g/mol. The summed E-state index contributed by atoms with van der Waals surface area (Å²) in [4.78, 5) is 35.6. The Morgan fingerprint density at radius 3 is 3.06 bits per heavy atom. The predicted molar refractivity (Wildman–Crippen MR) is 129 cm³/mol. The van der Waals surface area contributed by atoms with Gasteiger partial charge in [-0.05, 0) is 49.9 Å². The summed E-state index contributed by atoms with van der Waals surface area (Å²) in [6.07, 6.45) is 7.94. The zero-order valence-electron chi connectivity index (χ0n) is 18.7. The lowest BCUT2D eigenvalue weighted by molar-refractivity contribution is -0.118. The van der Waals surface area contributed by atoms with Gasteiger partial charge in [0.15, 0.2) is 5.78 Å². The molecule has 1 aromatic carbocycles. The molecule has 8 heteroatoms. The van der Waals surface area contributed by atoms with Crippen LogP contribution in [0.2, 0.25) is 0 Å². The topological polar surface area (TPSA) is 99.7 Å². The van der Waals surface area contributed by atoms with Crippen molar-refractivity contribution in [2.75, 3.05) is 29.9 Å². The van der Waals surface area contributed by atoms with Crippen LogP contribution in [0, 0.1) is 12.8 Å². The van der Waals surface area contributed by atoms with Gasteiger partial charge in [0, 0.05) is 43.2 Å². The lowest BCUT2D eigenvalue weighted by Gasteiger charge is -2.33. The van der Waals surface area contributed by atoms with E-state index in [0.717, 1.165) is 65.6 Å². The number of rotatable bonds is 7. The third kappa shape index (κ3) is 4.84. The minimum Gasteiger partial charge on any atom is -0.378 e. The molecule has 2 N–H and O–H groups in total. The minimum atomic E-state index is 0.222. The predicted octanol–water partition coefficient (Wildman–Crippen LogP) is 4.01. The molecule has 0 unspecified atom stereocenters. The maximum absolute atomic E-state index is 12.8. The van der Waals surface area contributed by atoms with Crippen molar-refractivity contribution in [1.29, 1.82) is 0 Å². The summed E-state index contributed by atoms with van der Waals surface area (Å²) in [5.41, 5.74) is 3.64. The number of nitrogens with one attached hydrogen (secondary N) is 2. The first-order chi connectivity index (χ1) is 16.2. The molecule has 4 aromatic rings. The van der Waals surface area contributed by atoms with Crippen molar-refractivity contribution in [1.82, 2.24) is 24.9 Å². The molecule has 0 radical (unpaired) electrons. The molecule has 0 spiro atoms. The molecule has 1 aliphatic heterocycles. The van der Waals surface area contributed by atoms with Gasteiger partial charge >= 0.3 is 0 Å². The highest BCUT2D eigenvalue weighted by atomic mass is 16.1. The standard InChI is InChI=1S/C25H27N7O/c1-17-26-10-8-23(31-17)19-5-2-6-20(13-19)28-14-21(33)12-18-4-3-11-32(15-18)25-22-7-9-27-24(22)29-16-30-25/h2,5-10,13,16,18,28H,3-4,11-12,14-15H2,1H3,(H,27,29,30)/t18-/m0/s1. The molecule has 168 valence electrons. The normalized spacial score (nSPS) is 16.2. The number of Topliss-reactive ketones (excluding diaryl/α,β-unsaturated/α-hetero) is 1. The number of piperidine rings is 1. The molecule has 8 nitrogen and oxygen atoms in total. The van der Waals surface area contributed by atoms with Crippen LogP contribution in [0.5, 0.6) is 0 Å². The lowest BCUT2D eigenvalue weighted by atomic mass is 9.92. The zero-order valence-corrected chi connectivity index (χ0v) is 18.7. The van der Waals surface area contributed by atoms with E-state index >= 15 is 0 Å². The molecule has 1 saturated heterocycles. The monoisotopic (exact) mass is 441 g/mol. The van der Waals surface area contributed by atoms with Gasteiger partial charge in [-0.25, -0.2) is 19.9 Å². The number of aromatic nitrogens is 5. The number of carbonyl (C=O) groups excluding carboxylic acids is 1. The Morgan fingerprint density at radius 2 is 2.15 bits per heavy atom. The second-order valence-electron chi connectivity index (χ2n) is 8.56. The van der Waals surface area contributed by atoms with Crippen LogP contribution >= 0.6 is 0 Å². The number of aromatic amines is 1. The molecule has 1 aliphatic rings. The van der Waals surface area contributed by atoms with Crippen molar-refractivity contribution < 1.29 is 4.79 Å². The fourth-order valence-corrected chi connectivity index (χ4v) is 4.53. The van der Waals surface area contributed by atoms with Gasteiger partial charge in [0.05, 0.1) is 17.6 Å². The van der Waals surface area contributed by atoms with Crippen molar-refractivity contribution in [3.63, 3.8) is 0 Å². The summed E-state index contributed by atoms with van der Waals surface area (Å²) in [6, 6.07) is 11.9. The maximum atomic E-state index is 12.8. The smallest absolute Gasteiger partial charge is 0.152 e. The summed E-state index contributed by atoms with van der Waals surface area (Å²) in [6.45, 7) is 3.99. The number of ketones is 1. The van der Waals surface area contributed by atoms with Gasteiger partial charge in [-0.3, -0.25) is 4.79 Å². The first-order valence-electron chi connectivity index (χ1n) is 11.3. The fourth-order valence-electron chi connectivity index (χ4n) is 4.53. The van der Waals surface area contributed by atoms with Gasteiger partial charge in [-0.15, -0.1) is 0 Å². The zero-order chi connectivity index (χ0) is 22.6. The number of anilines is 2. The SMILES string of the molecule is Cc1nccc(-c2cccc(NCC(=O)C[C@@H]3CCCN(c4ncnc5[nH]ccc45)C3)c2)n1. The lowest BCUT2D eigenvalue weighted by Crippen LogP contribution is -2.37. The van der Waals surface area contributed by atoms with Crippen molar-refractivity contribution in [2.45, 2.75) is 26.2 Å². The number of hydrogen-bond acceptors (Lipinski definition) is 7. The Morgan fingerprint density at radius 1 is 1.21 bits per heavy atom. The van der Waals surface area contributed by atoms with Crippen LogP contribution in [-0.2, 0) is 4.79 Å². The molecule has 33 heavy (non-hydrogen) atoms. The van der Waals surface area contributed by atoms with Gasteiger partial charge in [0.1, 0.15) is 23.6 Å². The van der Waals surface area contributed by atoms with E-state index in [9.17, 15) is 4.79 Å². The molecule has 1 atom stereocenters. The summed E-state index contributed by atoms with van der Waals surface area (Å²) in [5.74, 6) is 2.24. The molecule has 3 aromatic heterocycles. The highest BCUT2D eigenvalue weighted by Gasteiger charge is 2.24. The molecule has 0 amide bonds. The molecule has 5 rings (SSSR count).